The Balaban J connectivity index is 0.000000439. The first-order valence-corrected chi connectivity index (χ1v) is 14.0. The lowest BCUT2D eigenvalue weighted by Crippen LogP contribution is -2.62. The van der Waals surface area contributed by atoms with Crippen molar-refractivity contribution in [2.45, 2.75) is 89.2 Å². The van der Waals surface area contributed by atoms with E-state index in [1.807, 2.05) is 18.5 Å². The van der Waals surface area contributed by atoms with Gasteiger partial charge in [0.15, 0.2) is 17.1 Å². The quantitative estimate of drug-likeness (QED) is 0.220. The Morgan fingerprint density at radius 3 is 1.80 bits per heavy atom. The molecule has 1 aliphatic rings. The second kappa shape index (κ2) is 15.2. The van der Waals surface area contributed by atoms with Crippen LogP contribution in [0.4, 0.5) is 0 Å². The molecular weight excluding hydrogens is 574 g/mol. The van der Waals surface area contributed by atoms with E-state index >= 15 is 0 Å². The van der Waals surface area contributed by atoms with Crippen molar-refractivity contribution in [1.82, 2.24) is 15.2 Å². The lowest BCUT2D eigenvalue weighted by Gasteiger charge is -2.49. The lowest BCUT2D eigenvalue weighted by atomic mass is 9.79. The number of nitrogens with one attached hydrogen (secondary N) is 1. The summed E-state index contributed by atoms with van der Waals surface area (Å²) in [5.74, 6) is -3.03. The average molecular weight is 620 g/mol. The first-order chi connectivity index (χ1) is 20.4. The Bertz CT molecular complexity index is 1230. The summed E-state index contributed by atoms with van der Waals surface area (Å²) in [6, 6.07) is 8.67. The van der Waals surface area contributed by atoms with Crippen LogP contribution in [-0.4, -0.2) is 92.3 Å². The number of piperidine rings is 1. The molecule has 1 fully saturated rings. The first kappa shape index (κ1) is 36.3. The molecule has 3 rings (SSSR count). The molecule has 0 unspecified atom stereocenters. The summed E-state index contributed by atoms with van der Waals surface area (Å²) in [5.41, 5.74) is -0.266. The maximum atomic E-state index is 10.3. The van der Waals surface area contributed by atoms with Gasteiger partial charge in [-0.2, -0.15) is 0 Å². The Kier molecular flexibility index (Phi) is 12.5. The number of pyridine rings is 1. The number of carboxylic acid groups (broad SMARTS) is 3. The number of methoxy groups -OCH3 is 3. The molecule has 0 bridgehead atoms. The van der Waals surface area contributed by atoms with Gasteiger partial charge in [0.25, 0.3) is 0 Å². The van der Waals surface area contributed by atoms with E-state index in [-0.39, 0.29) is 11.1 Å². The lowest BCUT2D eigenvalue weighted by molar-refractivity contribution is -0.170. The summed E-state index contributed by atoms with van der Waals surface area (Å²) in [4.78, 5) is 37.4. The minimum absolute atomic E-state index is 0.0644. The molecule has 2 aromatic rings. The Morgan fingerprint density at radius 1 is 0.909 bits per heavy atom. The molecule has 1 aliphatic heterocycles. The van der Waals surface area contributed by atoms with E-state index in [0.29, 0.717) is 23.3 Å². The van der Waals surface area contributed by atoms with Crippen LogP contribution in [-0.2, 0) is 27.5 Å². The zero-order valence-electron chi connectivity index (χ0n) is 26.4. The fraction of sp³-hybridized carbons (Fsp3) is 0.548. The van der Waals surface area contributed by atoms with E-state index in [4.69, 9.17) is 34.6 Å². The Morgan fingerprint density at radius 2 is 1.41 bits per heavy atom. The number of benzene rings is 1. The topological polar surface area (TPSA) is 188 Å². The monoisotopic (exact) mass is 619 g/mol. The van der Waals surface area contributed by atoms with Gasteiger partial charge in [0, 0.05) is 42.6 Å². The van der Waals surface area contributed by atoms with Crippen LogP contribution in [0, 0.1) is 0 Å². The molecule has 0 saturated carbocycles. The molecule has 0 amide bonds. The van der Waals surface area contributed by atoms with Gasteiger partial charge < -0.3 is 40.0 Å². The van der Waals surface area contributed by atoms with Gasteiger partial charge in [-0.15, -0.1) is 0 Å². The maximum absolute atomic E-state index is 10.3. The van der Waals surface area contributed by atoms with Gasteiger partial charge in [-0.3, -0.25) is 19.5 Å². The molecular formula is C31H45N3O10. The Hall–Kier alpha value is -3.94. The summed E-state index contributed by atoms with van der Waals surface area (Å²) in [5, 5.41) is 37.6. The van der Waals surface area contributed by atoms with Crippen molar-refractivity contribution >= 4 is 17.9 Å². The fourth-order valence-electron chi connectivity index (χ4n) is 5.74. The van der Waals surface area contributed by atoms with Gasteiger partial charge in [0.1, 0.15) is 0 Å². The minimum Gasteiger partial charge on any atom is -0.493 e. The first-order valence-electron chi connectivity index (χ1n) is 14.0. The third kappa shape index (κ3) is 10.6. The van der Waals surface area contributed by atoms with E-state index < -0.39 is 36.4 Å². The van der Waals surface area contributed by atoms with Crippen molar-refractivity contribution in [2.24, 2.45) is 0 Å². The van der Waals surface area contributed by atoms with Crippen LogP contribution in [0.5, 0.6) is 17.2 Å². The van der Waals surface area contributed by atoms with Crippen LogP contribution < -0.4 is 19.5 Å². The van der Waals surface area contributed by atoms with Crippen LogP contribution in [0.25, 0.3) is 0 Å². The molecule has 13 heteroatoms. The standard InChI is InChI=1S/C25H37N3O3.C6H8O7/c1-24(2)13-20(14-25(3,4)27-24)28(16-18-9-8-10-26-15-18)17-19-11-21(29-5)23(31-7)22(12-19)30-6;7-3(8)1-6(13,5(11)12)2-4(9)10/h8-12,15,20,27H,13-14,16-17H2,1-7H3;13H,1-2H2,(H,7,8)(H,9,10)(H,11,12). The zero-order valence-corrected chi connectivity index (χ0v) is 26.4. The normalized spacial score (nSPS) is 15.9. The molecule has 1 saturated heterocycles. The second-order valence-electron chi connectivity index (χ2n) is 12.2. The summed E-state index contributed by atoms with van der Waals surface area (Å²) >= 11 is 0. The van der Waals surface area contributed by atoms with Crippen molar-refractivity contribution in [3.8, 4) is 17.2 Å². The second-order valence-corrected chi connectivity index (χ2v) is 12.2. The van der Waals surface area contributed by atoms with Gasteiger partial charge in [0.2, 0.25) is 5.75 Å². The molecule has 244 valence electrons. The number of nitrogens with zero attached hydrogens (tertiary/aromatic N) is 2. The summed E-state index contributed by atoms with van der Waals surface area (Å²) in [6.07, 6.45) is 3.63. The molecule has 0 spiro atoms. The van der Waals surface area contributed by atoms with E-state index in [2.05, 4.69) is 61.1 Å². The summed E-state index contributed by atoms with van der Waals surface area (Å²) < 4.78 is 16.7. The molecule has 0 aliphatic carbocycles. The van der Waals surface area contributed by atoms with E-state index in [9.17, 15) is 14.4 Å². The van der Waals surface area contributed by atoms with Gasteiger partial charge in [0.05, 0.1) is 34.2 Å². The number of hydrogen-bond donors (Lipinski definition) is 5. The smallest absolute Gasteiger partial charge is 0.336 e. The summed E-state index contributed by atoms with van der Waals surface area (Å²) in [6.45, 7) is 10.8. The van der Waals surface area contributed by atoms with Crippen molar-refractivity contribution in [2.75, 3.05) is 21.3 Å². The third-order valence-electron chi connectivity index (χ3n) is 7.19. The molecule has 1 aromatic carbocycles. The highest BCUT2D eigenvalue weighted by Crippen LogP contribution is 2.39. The van der Waals surface area contributed by atoms with Crippen molar-refractivity contribution < 1.29 is 49.0 Å². The number of ether oxygens (including phenoxy) is 3. The average Bonchev–Trinajstić information content (AvgIpc) is 2.90. The van der Waals surface area contributed by atoms with Crippen molar-refractivity contribution in [1.29, 1.82) is 0 Å². The number of aliphatic hydroxyl groups is 1. The van der Waals surface area contributed by atoms with Crippen LogP contribution in [0.2, 0.25) is 0 Å². The number of rotatable bonds is 13. The number of carbonyl (C=O) groups is 3. The van der Waals surface area contributed by atoms with E-state index in [1.165, 1.54) is 5.56 Å². The predicted octanol–water partition coefficient (Wildman–Crippen LogP) is 3.17. The molecule has 0 radical (unpaired) electrons. The van der Waals surface area contributed by atoms with Crippen LogP contribution in [0.15, 0.2) is 36.7 Å². The number of aromatic nitrogens is 1. The van der Waals surface area contributed by atoms with Crippen molar-refractivity contribution in [3.05, 3.63) is 47.8 Å². The highest BCUT2D eigenvalue weighted by atomic mass is 16.5. The third-order valence-corrected chi connectivity index (χ3v) is 7.19. The fourth-order valence-corrected chi connectivity index (χ4v) is 5.74. The van der Waals surface area contributed by atoms with Crippen LogP contribution >= 0.6 is 0 Å². The van der Waals surface area contributed by atoms with Gasteiger partial charge in [-0.05, 0) is 69.9 Å². The summed E-state index contributed by atoms with van der Waals surface area (Å²) in [7, 11) is 4.95. The SMILES string of the molecule is COc1cc(CN(Cc2cccnc2)C2CC(C)(C)NC(C)(C)C2)cc(OC)c1OC.O=C(O)CC(O)(CC(=O)O)C(=O)O. The van der Waals surface area contributed by atoms with E-state index in [0.717, 1.165) is 31.5 Å². The zero-order chi connectivity index (χ0) is 33.3. The van der Waals surface area contributed by atoms with Crippen LogP contribution in [0.3, 0.4) is 0 Å². The molecule has 44 heavy (non-hydrogen) atoms. The van der Waals surface area contributed by atoms with Gasteiger partial charge >= 0.3 is 17.9 Å². The van der Waals surface area contributed by atoms with E-state index in [1.54, 1.807) is 21.3 Å². The molecule has 1 aromatic heterocycles. The largest absolute Gasteiger partial charge is 0.493 e. The number of aliphatic carboxylic acids is 3. The molecule has 2 heterocycles. The minimum atomic E-state index is -2.74. The Labute approximate surface area is 257 Å². The molecule has 13 nitrogen and oxygen atoms in total. The number of carboxylic acids is 3. The molecule has 5 N–H and O–H groups in total. The van der Waals surface area contributed by atoms with Crippen LogP contribution in [0.1, 0.15) is 64.5 Å². The molecule has 0 atom stereocenters. The van der Waals surface area contributed by atoms with Gasteiger partial charge in [-0.1, -0.05) is 6.07 Å². The predicted molar refractivity (Wildman–Crippen MR) is 161 cm³/mol. The number of hydrogen-bond acceptors (Lipinski definition) is 10. The van der Waals surface area contributed by atoms with Crippen molar-refractivity contribution in [3.63, 3.8) is 0 Å². The highest BCUT2D eigenvalue weighted by molar-refractivity contribution is 5.88. The highest BCUT2D eigenvalue weighted by Gasteiger charge is 2.41. The van der Waals surface area contributed by atoms with Gasteiger partial charge in [-0.25, -0.2) is 4.79 Å². The maximum Gasteiger partial charge on any atom is 0.336 e.